The van der Waals surface area contributed by atoms with Crippen molar-refractivity contribution in [2.75, 3.05) is 14.2 Å². The minimum absolute atomic E-state index is 1.01. The van der Waals surface area contributed by atoms with Gasteiger partial charge < -0.3 is 8.85 Å². The molecule has 0 radical (unpaired) electrons. The highest BCUT2D eigenvalue weighted by molar-refractivity contribution is 6.68. The minimum atomic E-state index is -4.60. The van der Waals surface area contributed by atoms with Crippen molar-refractivity contribution in [1.29, 1.82) is 0 Å². The van der Waals surface area contributed by atoms with E-state index in [0.29, 0.717) is 0 Å². The lowest BCUT2D eigenvalue weighted by molar-refractivity contribution is -0.146. The molecule has 0 atom stereocenters. The molecule has 0 aromatic heterocycles. The zero-order valence-corrected chi connectivity index (χ0v) is 9.62. The molecule has 0 aromatic carbocycles. The second-order valence-electron chi connectivity index (χ2n) is 3.17. The molecule has 0 aliphatic heterocycles. The molecule has 0 bridgehead atoms. The number of hydrogen-bond acceptors (Lipinski definition) is 2. The summed E-state index contributed by atoms with van der Waals surface area (Å²) in [7, 11) is -1.84. The van der Waals surface area contributed by atoms with Gasteiger partial charge in [-0.3, -0.25) is 0 Å². The van der Waals surface area contributed by atoms with Gasteiger partial charge in [-0.25, -0.2) is 8.78 Å². The SMILES string of the molecule is CO[Si](C)(OC)C(F)(F)CCC(F)(F)F. The molecule has 0 spiro atoms. The van der Waals surface area contributed by atoms with Crippen LogP contribution in [0.5, 0.6) is 0 Å². The normalized spacial score (nSPS) is 14.4. The molecule has 2 nitrogen and oxygen atoms in total. The van der Waals surface area contributed by atoms with E-state index in [1.165, 1.54) is 0 Å². The van der Waals surface area contributed by atoms with Gasteiger partial charge in [0.15, 0.2) is 0 Å². The standard InChI is InChI=1S/C7H13F5O2Si/c1-13-15(3,14-2)7(11,12)5-4-6(8,9)10/h4-5H2,1-3H3. The van der Waals surface area contributed by atoms with Gasteiger partial charge >= 0.3 is 14.7 Å². The summed E-state index contributed by atoms with van der Waals surface area (Å²) < 4.78 is 71.0. The number of alkyl halides is 5. The molecule has 0 unspecified atom stereocenters. The highest BCUT2D eigenvalue weighted by Crippen LogP contribution is 2.36. The molecule has 92 valence electrons. The topological polar surface area (TPSA) is 18.5 Å². The zero-order valence-electron chi connectivity index (χ0n) is 8.62. The first-order valence-electron chi connectivity index (χ1n) is 4.13. The molecule has 0 saturated heterocycles. The fraction of sp³-hybridized carbons (Fsp3) is 1.00. The van der Waals surface area contributed by atoms with Gasteiger partial charge in [-0.2, -0.15) is 13.2 Å². The van der Waals surface area contributed by atoms with Crippen LogP contribution in [0.4, 0.5) is 22.0 Å². The molecule has 0 heterocycles. The van der Waals surface area contributed by atoms with Crippen molar-refractivity contribution in [3.63, 3.8) is 0 Å². The molecular formula is C7H13F5O2Si. The van der Waals surface area contributed by atoms with E-state index in [9.17, 15) is 22.0 Å². The molecule has 0 rings (SSSR count). The second-order valence-corrected chi connectivity index (χ2v) is 6.61. The van der Waals surface area contributed by atoms with Gasteiger partial charge in [0, 0.05) is 27.1 Å². The molecule has 0 amide bonds. The van der Waals surface area contributed by atoms with Crippen molar-refractivity contribution in [1.82, 2.24) is 0 Å². The van der Waals surface area contributed by atoms with E-state index in [4.69, 9.17) is 0 Å². The summed E-state index contributed by atoms with van der Waals surface area (Å²) in [5, 5.41) is 0. The van der Waals surface area contributed by atoms with Crippen molar-refractivity contribution >= 4 is 8.56 Å². The maximum Gasteiger partial charge on any atom is 0.409 e. The summed E-state index contributed by atoms with van der Waals surface area (Å²) in [6.07, 6.45) is -7.45. The molecule has 0 saturated carbocycles. The Morgan fingerprint density at radius 1 is 0.933 bits per heavy atom. The predicted molar refractivity (Wildman–Crippen MR) is 45.9 cm³/mol. The molecular weight excluding hydrogens is 239 g/mol. The van der Waals surface area contributed by atoms with Gasteiger partial charge in [0.05, 0.1) is 0 Å². The van der Waals surface area contributed by atoms with Gasteiger partial charge in [-0.05, 0) is 6.55 Å². The van der Waals surface area contributed by atoms with E-state index in [0.717, 1.165) is 20.8 Å². The monoisotopic (exact) mass is 252 g/mol. The second kappa shape index (κ2) is 4.75. The maximum absolute atomic E-state index is 13.3. The van der Waals surface area contributed by atoms with Crippen molar-refractivity contribution in [2.24, 2.45) is 0 Å². The van der Waals surface area contributed by atoms with Crippen molar-refractivity contribution in [3.05, 3.63) is 0 Å². The van der Waals surface area contributed by atoms with Crippen LogP contribution in [0.3, 0.4) is 0 Å². The third kappa shape index (κ3) is 4.04. The summed E-state index contributed by atoms with van der Waals surface area (Å²) in [5.41, 5.74) is -3.56. The minimum Gasteiger partial charge on any atom is -0.394 e. The zero-order chi connectivity index (χ0) is 12.3. The van der Waals surface area contributed by atoms with E-state index in [-0.39, 0.29) is 0 Å². The van der Waals surface area contributed by atoms with Crippen LogP contribution in [-0.4, -0.2) is 34.5 Å². The lowest BCUT2D eigenvalue weighted by Crippen LogP contribution is -2.54. The molecule has 0 aromatic rings. The average Bonchev–Trinajstić information content (AvgIpc) is 2.12. The Kier molecular flexibility index (Phi) is 4.68. The number of rotatable bonds is 5. The fourth-order valence-corrected chi connectivity index (χ4v) is 2.25. The van der Waals surface area contributed by atoms with Crippen LogP contribution in [0.2, 0.25) is 6.55 Å². The Bertz CT molecular complexity index is 202. The van der Waals surface area contributed by atoms with E-state index < -0.39 is 33.1 Å². The lowest BCUT2D eigenvalue weighted by atomic mass is 10.3. The first-order chi connectivity index (χ1) is 6.58. The van der Waals surface area contributed by atoms with E-state index in [1.807, 2.05) is 0 Å². The van der Waals surface area contributed by atoms with Crippen LogP contribution in [-0.2, 0) is 8.85 Å². The summed E-state index contributed by atoms with van der Waals surface area (Å²) >= 11 is 0. The maximum atomic E-state index is 13.3. The van der Waals surface area contributed by atoms with Crippen LogP contribution < -0.4 is 0 Å². The average molecular weight is 252 g/mol. The van der Waals surface area contributed by atoms with Crippen molar-refractivity contribution in [3.8, 4) is 0 Å². The largest absolute Gasteiger partial charge is 0.409 e. The highest BCUT2D eigenvalue weighted by atomic mass is 28.4. The van der Waals surface area contributed by atoms with Gasteiger partial charge in [0.25, 0.3) is 5.55 Å². The summed E-state index contributed by atoms with van der Waals surface area (Å²) in [6.45, 7) is 1.03. The van der Waals surface area contributed by atoms with Gasteiger partial charge in [-0.1, -0.05) is 0 Å². The van der Waals surface area contributed by atoms with Crippen molar-refractivity contribution < 1.29 is 30.8 Å². The first kappa shape index (κ1) is 14.8. The summed E-state index contributed by atoms with van der Waals surface area (Å²) in [5.74, 6) is 0. The van der Waals surface area contributed by atoms with Gasteiger partial charge in [0.1, 0.15) is 0 Å². The highest BCUT2D eigenvalue weighted by Gasteiger charge is 2.56. The molecule has 0 N–H and O–H groups in total. The van der Waals surface area contributed by atoms with Crippen LogP contribution in [0.15, 0.2) is 0 Å². The first-order valence-corrected chi connectivity index (χ1v) is 6.44. The van der Waals surface area contributed by atoms with Crippen molar-refractivity contribution in [2.45, 2.75) is 31.1 Å². The molecule has 15 heavy (non-hydrogen) atoms. The molecule has 8 heteroatoms. The third-order valence-corrected chi connectivity index (χ3v) is 5.30. The van der Waals surface area contributed by atoms with Gasteiger partial charge in [-0.15, -0.1) is 0 Å². The van der Waals surface area contributed by atoms with E-state index in [2.05, 4.69) is 8.85 Å². The molecule has 0 aliphatic carbocycles. The predicted octanol–water partition coefficient (Wildman–Crippen LogP) is 2.87. The van der Waals surface area contributed by atoms with Crippen LogP contribution in [0.1, 0.15) is 12.8 Å². The van der Waals surface area contributed by atoms with E-state index in [1.54, 1.807) is 0 Å². The quantitative estimate of drug-likeness (QED) is 0.553. The Balaban J connectivity index is 4.53. The lowest BCUT2D eigenvalue weighted by Gasteiger charge is -2.31. The Hall–Kier alpha value is -0.213. The third-order valence-electron chi connectivity index (χ3n) is 2.17. The fourth-order valence-electron chi connectivity index (χ4n) is 0.908. The number of hydrogen-bond donors (Lipinski definition) is 0. The van der Waals surface area contributed by atoms with Crippen LogP contribution >= 0.6 is 0 Å². The number of halogens is 5. The van der Waals surface area contributed by atoms with Crippen LogP contribution in [0.25, 0.3) is 0 Å². The Morgan fingerprint density at radius 2 is 1.33 bits per heavy atom. The van der Waals surface area contributed by atoms with E-state index >= 15 is 0 Å². The Labute approximate surface area is 85.6 Å². The summed E-state index contributed by atoms with van der Waals surface area (Å²) in [4.78, 5) is 0. The Morgan fingerprint density at radius 3 is 1.60 bits per heavy atom. The smallest absolute Gasteiger partial charge is 0.394 e. The molecule has 0 aliphatic rings. The van der Waals surface area contributed by atoms with Gasteiger partial charge in [0.2, 0.25) is 0 Å². The molecule has 0 fully saturated rings. The summed E-state index contributed by atoms with van der Waals surface area (Å²) in [6, 6.07) is 0. The van der Waals surface area contributed by atoms with Crippen LogP contribution in [0, 0.1) is 0 Å².